The summed E-state index contributed by atoms with van der Waals surface area (Å²) in [6, 6.07) is 10.8. The number of amides is 1. The van der Waals surface area contributed by atoms with Gasteiger partial charge in [-0.3, -0.25) is 9.59 Å². The Morgan fingerprint density at radius 3 is 2.50 bits per heavy atom. The molecule has 3 aromatic rings. The highest BCUT2D eigenvalue weighted by molar-refractivity contribution is 7.98. The molecule has 0 radical (unpaired) electrons. The van der Waals surface area contributed by atoms with Gasteiger partial charge in [-0.05, 0) is 29.3 Å². The molecule has 32 heavy (non-hydrogen) atoms. The number of anilines is 1. The molecule has 1 atom stereocenters. The lowest BCUT2D eigenvalue weighted by atomic mass is 9.84. The summed E-state index contributed by atoms with van der Waals surface area (Å²) >= 11 is 1.20. The Balaban J connectivity index is 1.76. The Kier molecular flexibility index (Phi) is 5.81. The van der Waals surface area contributed by atoms with Gasteiger partial charge in [-0.1, -0.05) is 42.1 Å². The van der Waals surface area contributed by atoms with Gasteiger partial charge in [0.05, 0.1) is 11.1 Å². The molecule has 0 bridgehead atoms. The fraction of sp³-hybridized carbons (Fsp3) is 0.227. The van der Waals surface area contributed by atoms with Crippen LogP contribution in [0.15, 0.2) is 58.5 Å². The molecule has 2 heterocycles. The van der Waals surface area contributed by atoms with Gasteiger partial charge < -0.3 is 9.88 Å². The third-order valence-corrected chi connectivity index (χ3v) is 6.32. The van der Waals surface area contributed by atoms with Gasteiger partial charge in [0.2, 0.25) is 5.91 Å². The number of nitrogens with one attached hydrogen (secondary N) is 1. The molecule has 1 aliphatic heterocycles. The highest BCUT2D eigenvalue weighted by Crippen LogP contribution is 2.41. The first-order valence-electron chi connectivity index (χ1n) is 9.59. The monoisotopic (exact) mass is 463 g/mol. The molecular weight excluding hydrogens is 446 g/mol. The van der Waals surface area contributed by atoms with Gasteiger partial charge in [-0.15, -0.1) is 0 Å². The lowest BCUT2D eigenvalue weighted by Gasteiger charge is -2.29. The molecular formula is C22H17F4N3O2S. The first-order valence-corrected chi connectivity index (χ1v) is 10.6. The van der Waals surface area contributed by atoms with E-state index in [0.29, 0.717) is 5.75 Å². The van der Waals surface area contributed by atoms with Crippen LogP contribution in [0.1, 0.15) is 34.6 Å². The number of benzene rings is 2. The van der Waals surface area contributed by atoms with Crippen molar-refractivity contribution in [2.24, 2.45) is 7.05 Å². The number of alkyl halides is 3. The van der Waals surface area contributed by atoms with Crippen molar-refractivity contribution in [3.63, 3.8) is 0 Å². The van der Waals surface area contributed by atoms with E-state index in [1.54, 1.807) is 19.2 Å². The summed E-state index contributed by atoms with van der Waals surface area (Å²) in [6.07, 6.45) is -4.92. The predicted octanol–water partition coefficient (Wildman–Crippen LogP) is 4.70. The maximum absolute atomic E-state index is 13.6. The largest absolute Gasteiger partial charge is 0.416 e. The number of hydrogen-bond acceptors (Lipinski definition) is 4. The van der Waals surface area contributed by atoms with Gasteiger partial charge in [0.25, 0.3) is 5.56 Å². The molecule has 1 aromatic heterocycles. The van der Waals surface area contributed by atoms with Crippen LogP contribution in [0.5, 0.6) is 0 Å². The van der Waals surface area contributed by atoms with Gasteiger partial charge in [0.15, 0.2) is 5.16 Å². The van der Waals surface area contributed by atoms with Gasteiger partial charge in [-0.2, -0.15) is 18.2 Å². The molecule has 0 fully saturated rings. The second-order valence-corrected chi connectivity index (χ2v) is 8.27. The van der Waals surface area contributed by atoms with E-state index in [9.17, 15) is 27.2 Å². The predicted molar refractivity (Wildman–Crippen MR) is 112 cm³/mol. The van der Waals surface area contributed by atoms with E-state index >= 15 is 0 Å². The summed E-state index contributed by atoms with van der Waals surface area (Å²) in [5.74, 6) is -1.42. The molecule has 0 spiro atoms. The topological polar surface area (TPSA) is 64.0 Å². The van der Waals surface area contributed by atoms with Crippen molar-refractivity contribution in [2.45, 2.75) is 29.4 Å². The summed E-state index contributed by atoms with van der Waals surface area (Å²) in [6.45, 7) is 0. The van der Waals surface area contributed by atoms with E-state index in [0.717, 1.165) is 11.6 Å². The van der Waals surface area contributed by atoms with Crippen LogP contribution >= 0.6 is 11.8 Å². The third-order valence-electron chi connectivity index (χ3n) is 5.22. The number of rotatable bonds is 4. The minimum Gasteiger partial charge on any atom is -0.312 e. The molecule has 1 unspecified atom stereocenters. The quantitative estimate of drug-likeness (QED) is 0.346. The Hall–Kier alpha value is -3.14. The van der Waals surface area contributed by atoms with Crippen LogP contribution in [0.2, 0.25) is 0 Å². The Morgan fingerprint density at radius 1 is 1.12 bits per heavy atom. The molecule has 0 aliphatic carbocycles. The SMILES string of the molecule is Cn1c(SCc2ccc(F)cc2)nc(=O)c2c1NC(=O)CC2c1ccccc1C(F)(F)F. The number of aromatic nitrogens is 2. The molecule has 5 nitrogen and oxygen atoms in total. The summed E-state index contributed by atoms with van der Waals surface area (Å²) in [5, 5.41) is 2.89. The lowest BCUT2D eigenvalue weighted by molar-refractivity contribution is -0.138. The van der Waals surface area contributed by atoms with Crippen molar-refractivity contribution in [3.8, 4) is 0 Å². The zero-order chi connectivity index (χ0) is 23.0. The van der Waals surface area contributed by atoms with Gasteiger partial charge >= 0.3 is 6.18 Å². The number of carbonyl (C=O) groups excluding carboxylic acids is 1. The zero-order valence-electron chi connectivity index (χ0n) is 16.7. The van der Waals surface area contributed by atoms with Crippen LogP contribution in [-0.4, -0.2) is 15.5 Å². The minimum atomic E-state index is -4.63. The minimum absolute atomic E-state index is 0.0231. The molecule has 1 aliphatic rings. The highest BCUT2D eigenvalue weighted by atomic mass is 32.2. The van der Waals surface area contributed by atoms with Crippen molar-refractivity contribution in [3.05, 3.63) is 87.0 Å². The summed E-state index contributed by atoms with van der Waals surface area (Å²) in [4.78, 5) is 29.4. The molecule has 0 saturated heterocycles. The molecule has 0 saturated carbocycles. The van der Waals surface area contributed by atoms with Crippen molar-refractivity contribution < 1.29 is 22.4 Å². The van der Waals surface area contributed by atoms with Crippen LogP contribution in [0.25, 0.3) is 0 Å². The number of fused-ring (bicyclic) bond motifs is 1. The summed E-state index contributed by atoms with van der Waals surface area (Å²) in [5.41, 5.74) is -0.898. The molecule has 4 rings (SSSR count). The number of carbonyl (C=O) groups is 1. The molecule has 10 heteroatoms. The normalized spacial score (nSPS) is 15.9. The van der Waals surface area contributed by atoms with Crippen LogP contribution < -0.4 is 10.9 Å². The second-order valence-electron chi connectivity index (χ2n) is 7.33. The van der Waals surface area contributed by atoms with Gasteiger partial charge in [0, 0.05) is 25.1 Å². The van der Waals surface area contributed by atoms with Gasteiger partial charge in [0.1, 0.15) is 11.6 Å². The number of nitrogens with zero attached hydrogens (tertiary/aromatic N) is 2. The highest BCUT2D eigenvalue weighted by Gasteiger charge is 2.39. The average Bonchev–Trinajstić information content (AvgIpc) is 2.75. The van der Waals surface area contributed by atoms with E-state index in [1.165, 1.54) is 46.7 Å². The maximum Gasteiger partial charge on any atom is 0.416 e. The van der Waals surface area contributed by atoms with Crippen LogP contribution in [0, 0.1) is 5.82 Å². The standard InChI is InChI=1S/C22H17F4N3O2S/c1-29-19-18(20(31)28-21(29)32-11-12-6-8-13(23)9-7-12)15(10-17(30)27-19)14-4-2-3-5-16(14)22(24,25)26/h2-9,15H,10-11H2,1H3,(H,27,30). The van der Waals surface area contributed by atoms with Crippen LogP contribution in [0.4, 0.5) is 23.4 Å². The van der Waals surface area contributed by atoms with E-state index in [-0.39, 0.29) is 34.3 Å². The van der Waals surface area contributed by atoms with E-state index < -0.39 is 29.1 Å². The lowest BCUT2D eigenvalue weighted by Crippen LogP contribution is -2.34. The van der Waals surface area contributed by atoms with E-state index in [4.69, 9.17) is 0 Å². The summed E-state index contributed by atoms with van der Waals surface area (Å²) < 4.78 is 55.3. The molecule has 1 N–H and O–H groups in total. The van der Waals surface area contributed by atoms with Gasteiger partial charge in [-0.25, -0.2) is 4.39 Å². The molecule has 2 aromatic carbocycles. The van der Waals surface area contributed by atoms with Crippen molar-refractivity contribution in [2.75, 3.05) is 5.32 Å². The first-order chi connectivity index (χ1) is 15.1. The number of thioether (sulfide) groups is 1. The Morgan fingerprint density at radius 2 is 1.81 bits per heavy atom. The molecule has 1 amide bonds. The first kappa shape index (κ1) is 22.1. The average molecular weight is 463 g/mol. The maximum atomic E-state index is 13.6. The van der Waals surface area contributed by atoms with Crippen LogP contribution in [-0.2, 0) is 23.8 Å². The third kappa shape index (κ3) is 4.27. The van der Waals surface area contributed by atoms with Crippen molar-refractivity contribution in [1.82, 2.24) is 9.55 Å². The Labute approximate surface area is 184 Å². The number of halogens is 4. The second kappa shape index (κ2) is 8.42. The van der Waals surface area contributed by atoms with Crippen LogP contribution in [0.3, 0.4) is 0 Å². The van der Waals surface area contributed by atoms with E-state index in [1.807, 2.05) is 0 Å². The fourth-order valence-corrected chi connectivity index (χ4v) is 4.64. The fourth-order valence-electron chi connectivity index (χ4n) is 3.72. The zero-order valence-corrected chi connectivity index (χ0v) is 17.6. The van der Waals surface area contributed by atoms with E-state index in [2.05, 4.69) is 10.3 Å². The molecule has 166 valence electrons. The summed E-state index contributed by atoms with van der Waals surface area (Å²) in [7, 11) is 1.58. The number of hydrogen-bond donors (Lipinski definition) is 1. The Bertz CT molecular complexity index is 1240. The smallest absolute Gasteiger partial charge is 0.312 e. The van der Waals surface area contributed by atoms with Crippen molar-refractivity contribution in [1.29, 1.82) is 0 Å². The van der Waals surface area contributed by atoms with Crippen molar-refractivity contribution >= 4 is 23.5 Å².